The lowest BCUT2D eigenvalue weighted by Gasteiger charge is -2.11. The van der Waals surface area contributed by atoms with Crippen LogP contribution in [0, 0.1) is 17.6 Å². The van der Waals surface area contributed by atoms with Crippen molar-refractivity contribution in [2.75, 3.05) is 13.6 Å². The number of hydrogen-bond donors (Lipinski definition) is 1. The Bertz CT molecular complexity index is 369. The third-order valence-electron chi connectivity index (χ3n) is 2.88. The molecule has 4 heteroatoms. The first-order chi connectivity index (χ1) is 8.04. The lowest BCUT2D eigenvalue weighted by Crippen LogP contribution is -2.12. The van der Waals surface area contributed by atoms with Crippen LogP contribution in [0.25, 0.3) is 0 Å². The fraction of sp³-hybridized carbons (Fsp3) is 0.538. The molecule has 0 amide bonds. The lowest BCUT2D eigenvalue weighted by atomic mass is 9.98. The Morgan fingerprint density at radius 1 is 1.24 bits per heavy atom. The van der Waals surface area contributed by atoms with Crippen molar-refractivity contribution in [3.63, 3.8) is 0 Å². The highest BCUT2D eigenvalue weighted by atomic mass is 79.9. The van der Waals surface area contributed by atoms with Crippen molar-refractivity contribution in [2.45, 2.75) is 26.2 Å². The first kappa shape index (κ1) is 14.6. The normalized spacial score (nSPS) is 12.8. The third-order valence-corrected chi connectivity index (χ3v) is 3.49. The van der Waals surface area contributed by atoms with Gasteiger partial charge < -0.3 is 5.32 Å². The molecule has 0 radical (unpaired) electrons. The zero-order valence-corrected chi connectivity index (χ0v) is 11.8. The summed E-state index contributed by atoms with van der Waals surface area (Å²) in [6, 6.07) is 2.48. The molecule has 1 aromatic rings. The molecule has 0 aliphatic carbocycles. The van der Waals surface area contributed by atoms with Gasteiger partial charge in [0, 0.05) is 0 Å². The maximum absolute atomic E-state index is 13.5. The topological polar surface area (TPSA) is 12.0 Å². The second-order valence-corrected chi connectivity index (χ2v) is 5.25. The molecule has 0 heterocycles. The van der Waals surface area contributed by atoms with E-state index in [1.165, 1.54) is 12.1 Å². The molecule has 1 aromatic carbocycles. The van der Waals surface area contributed by atoms with E-state index in [0.717, 1.165) is 19.4 Å². The van der Waals surface area contributed by atoms with Crippen LogP contribution in [0.3, 0.4) is 0 Å². The molecule has 1 rings (SSSR count). The van der Waals surface area contributed by atoms with Crippen LogP contribution in [-0.2, 0) is 6.42 Å². The van der Waals surface area contributed by atoms with Gasteiger partial charge in [-0.15, -0.1) is 0 Å². The highest BCUT2D eigenvalue weighted by Gasteiger charge is 2.09. The van der Waals surface area contributed by atoms with E-state index in [9.17, 15) is 8.78 Å². The van der Waals surface area contributed by atoms with Crippen LogP contribution in [0.15, 0.2) is 16.6 Å². The summed E-state index contributed by atoms with van der Waals surface area (Å²) in [5.41, 5.74) is 0.460. The van der Waals surface area contributed by atoms with Gasteiger partial charge in [-0.2, -0.15) is 0 Å². The summed E-state index contributed by atoms with van der Waals surface area (Å²) in [5.74, 6) is -0.225. The predicted octanol–water partition coefficient (Wildman–Crippen LogP) is 3.91. The smallest absolute Gasteiger partial charge is 0.137 e. The molecule has 1 atom stereocenters. The highest BCUT2D eigenvalue weighted by Crippen LogP contribution is 2.22. The minimum atomic E-state index is -0.399. The molecule has 0 saturated carbocycles. The Morgan fingerprint density at radius 3 is 2.59 bits per heavy atom. The van der Waals surface area contributed by atoms with Gasteiger partial charge in [-0.3, -0.25) is 0 Å². The molecule has 1 nitrogen and oxygen atoms in total. The molecule has 17 heavy (non-hydrogen) atoms. The van der Waals surface area contributed by atoms with Gasteiger partial charge in [-0.05, 0) is 72.4 Å². The SMILES string of the molecule is CNCCC(C)CCc1cc(F)c(Br)cc1F. The zero-order chi connectivity index (χ0) is 12.8. The van der Waals surface area contributed by atoms with Gasteiger partial charge in [-0.1, -0.05) is 6.92 Å². The summed E-state index contributed by atoms with van der Waals surface area (Å²) in [4.78, 5) is 0. The Balaban J connectivity index is 2.54. The summed E-state index contributed by atoms with van der Waals surface area (Å²) in [7, 11) is 1.91. The second kappa shape index (κ2) is 7.07. The molecule has 96 valence electrons. The summed E-state index contributed by atoms with van der Waals surface area (Å²) in [5, 5.41) is 3.08. The van der Waals surface area contributed by atoms with Crippen LogP contribution in [0.2, 0.25) is 0 Å². The van der Waals surface area contributed by atoms with Crippen molar-refractivity contribution >= 4 is 15.9 Å². The molecule has 0 aliphatic rings. The van der Waals surface area contributed by atoms with Crippen molar-refractivity contribution in [3.05, 3.63) is 33.8 Å². The highest BCUT2D eigenvalue weighted by molar-refractivity contribution is 9.10. The summed E-state index contributed by atoms with van der Waals surface area (Å²) >= 11 is 2.97. The average molecular weight is 306 g/mol. The minimum Gasteiger partial charge on any atom is -0.320 e. The number of benzene rings is 1. The number of aryl methyl sites for hydroxylation is 1. The number of halogens is 3. The van der Waals surface area contributed by atoms with Crippen LogP contribution in [-0.4, -0.2) is 13.6 Å². The fourth-order valence-corrected chi connectivity index (χ4v) is 2.01. The molecule has 0 bridgehead atoms. The molecule has 1 unspecified atom stereocenters. The van der Waals surface area contributed by atoms with Crippen molar-refractivity contribution < 1.29 is 8.78 Å². The second-order valence-electron chi connectivity index (χ2n) is 4.39. The van der Waals surface area contributed by atoms with Crippen molar-refractivity contribution in [1.82, 2.24) is 5.32 Å². The molecule has 0 aliphatic heterocycles. The van der Waals surface area contributed by atoms with Crippen LogP contribution in [0.5, 0.6) is 0 Å². The first-order valence-electron chi connectivity index (χ1n) is 5.82. The maximum Gasteiger partial charge on any atom is 0.137 e. The summed E-state index contributed by atoms with van der Waals surface area (Å²) in [6.07, 6.45) is 2.51. The van der Waals surface area contributed by atoms with Crippen molar-refractivity contribution in [2.24, 2.45) is 5.92 Å². The van der Waals surface area contributed by atoms with Crippen LogP contribution < -0.4 is 5.32 Å². The van der Waals surface area contributed by atoms with Gasteiger partial charge in [-0.25, -0.2) is 8.78 Å². The molecule has 0 spiro atoms. The van der Waals surface area contributed by atoms with E-state index >= 15 is 0 Å². The molecule has 0 aromatic heterocycles. The van der Waals surface area contributed by atoms with Gasteiger partial charge in [0.2, 0.25) is 0 Å². The van der Waals surface area contributed by atoms with Crippen molar-refractivity contribution in [1.29, 1.82) is 0 Å². The van der Waals surface area contributed by atoms with Crippen molar-refractivity contribution in [3.8, 4) is 0 Å². The van der Waals surface area contributed by atoms with E-state index in [0.29, 0.717) is 17.9 Å². The quantitative estimate of drug-likeness (QED) is 0.786. The maximum atomic E-state index is 13.5. The Kier molecular flexibility index (Phi) is 6.06. The van der Waals surface area contributed by atoms with Gasteiger partial charge in [0.1, 0.15) is 11.6 Å². The average Bonchev–Trinajstić information content (AvgIpc) is 2.29. The van der Waals surface area contributed by atoms with E-state index in [-0.39, 0.29) is 10.3 Å². The van der Waals surface area contributed by atoms with Crippen LogP contribution in [0.4, 0.5) is 8.78 Å². The number of hydrogen-bond acceptors (Lipinski definition) is 1. The Morgan fingerprint density at radius 2 is 1.94 bits per heavy atom. The summed E-state index contributed by atoms with van der Waals surface area (Å²) < 4.78 is 27.0. The first-order valence-corrected chi connectivity index (χ1v) is 6.62. The Hall–Kier alpha value is -0.480. The van der Waals surface area contributed by atoms with Crippen LogP contribution >= 0.6 is 15.9 Å². The number of nitrogens with one attached hydrogen (secondary N) is 1. The van der Waals surface area contributed by atoms with Gasteiger partial charge in [0.25, 0.3) is 0 Å². The van der Waals surface area contributed by atoms with E-state index in [1.54, 1.807) is 0 Å². The summed E-state index contributed by atoms with van der Waals surface area (Å²) in [6.45, 7) is 3.09. The van der Waals surface area contributed by atoms with E-state index in [2.05, 4.69) is 28.2 Å². The predicted molar refractivity (Wildman–Crippen MR) is 70.1 cm³/mol. The van der Waals surface area contributed by atoms with Gasteiger partial charge in [0.05, 0.1) is 4.47 Å². The largest absolute Gasteiger partial charge is 0.320 e. The van der Waals surface area contributed by atoms with Crippen LogP contribution in [0.1, 0.15) is 25.3 Å². The monoisotopic (exact) mass is 305 g/mol. The zero-order valence-electron chi connectivity index (χ0n) is 10.2. The number of rotatable bonds is 6. The third kappa shape index (κ3) is 4.72. The lowest BCUT2D eigenvalue weighted by molar-refractivity contribution is 0.474. The fourth-order valence-electron chi connectivity index (χ4n) is 1.69. The molecule has 1 N–H and O–H groups in total. The standard InChI is InChI=1S/C13H18BrF2N/c1-9(5-6-17-2)3-4-10-7-13(16)11(14)8-12(10)15/h7-9,17H,3-6H2,1-2H3. The van der Waals surface area contributed by atoms with E-state index < -0.39 is 5.82 Å². The van der Waals surface area contributed by atoms with E-state index in [1.807, 2.05) is 7.05 Å². The molecular formula is C13H18BrF2N. The Labute approximate surface area is 110 Å². The molecule has 0 fully saturated rings. The van der Waals surface area contributed by atoms with E-state index in [4.69, 9.17) is 0 Å². The molecular weight excluding hydrogens is 288 g/mol. The minimum absolute atomic E-state index is 0.182. The molecule has 0 saturated heterocycles. The van der Waals surface area contributed by atoms with Gasteiger partial charge in [0.15, 0.2) is 0 Å². The van der Waals surface area contributed by atoms with Gasteiger partial charge >= 0.3 is 0 Å².